The van der Waals surface area contributed by atoms with Gasteiger partial charge in [0.1, 0.15) is 0 Å². The number of alkyl halides is 3. The van der Waals surface area contributed by atoms with Crippen LogP contribution in [0.1, 0.15) is 12.5 Å². The van der Waals surface area contributed by atoms with Crippen molar-refractivity contribution < 1.29 is 18.4 Å². The van der Waals surface area contributed by atoms with E-state index in [1.807, 2.05) is 0 Å². The number of oxime groups is 1. The molecule has 1 aromatic rings. The molecule has 0 aromatic heterocycles. The molecule has 0 saturated carbocycles. The molecular weight excluding hydrogens is 306 g/mol. The molecule has 0 saturated heterocycles. The highest BCUT2D eigenvalue weighted by molar-refractivity contribution is 6.39. The van der Waals surface area contributed by atoms with Crippen molar-refractivity contribution in [2.24, 2.45) is 10.3 Å². The molecule has 104 valence electrons. The molecule has 0 atom stereocenters. The molecule has 1 rings (SSSR count). The first-order chi connectivity index (χ1) is 8.75. The maximum Gasteiger partial charge on any atom is 0.416 e. The van der Waals surface area contributed by atoms with Crippen LogP contribution < -0.4 is 5.43 Å². The molecule has 19 heavy (non-hydrogen) atoms. The third kappa shape index (κ3) is 4.29. The van der Waals surface area contributed by atoms with E-state index in [4.69, 9.17) is 28.4 Å². The van der Waals surface area contributed by atoms with Crippen LogP contribution in [0, 0.1) is 0 Å². The predicted octanol–water partition coefficient (Wildman–Crippen LogP) is 4.26. The summed E-state index contributed by atoms with van der Waals surface area (Å²) in [6.45, 7) is 1.50. The molecule has 0 unspecified atom stereocenters. The molecule has 0 fully saturated rings. The van der Waals surface area contributed by atoms with Gasteiger partial charge in [-0.3, -0.25) is 5.43 Å². The Morgan fingerprint density at radius 2 is 1.84 bits per heavy atom. The van der Waals surface area contributed by atoms with Gasteiger partial charge in [0, 0.05) is 0 Å². The fraction of sp³-hybridized carbons (Fsp3) is 0.200. The van der Waals surface area contributed by atoms with Crippen LogP contribution in [0.5, 0.6) is 0 Å². The van der Waals surface area contributed by atoms with E-state index in [9.17, 15) is 13.2 Å². The van der Waals surface area contributed by atoms with E-state index < -0.39 is 11.7 Å². The number of hydrogen-bond acceptors (Lipinski definition) is 4. The number of hydrazone groups is 1. The van der Waals surface area contributed by atoms with Crippen molar-refractivity contribution in [3.8, 4) is 0 Å². The minimum atomic E-state index is -4.53. The summed E-state index contributed by atoms with van der Waals surface area (Å²) >= 11 is 11.4. The second-order valence-corrected chi connectivity index (χ2v) is 4.24. The molecule has 0 amide bonds. The first-order valence-corrected chi connectivity index (χ1v) is 5.55. The maximum atomic E-state index is 12.5. The number of benzene rings is 1. The summed E-state index contributed by atoms with van der Waals surface area (Å²) in [5.74, 6) is 0. The van der Waals surface area contributed by atoms with Gasteiger partial charge in [-0.25, -0.2) is 0 Å². The number of rotatable bonds is 3. The average Bonchev–Trinajstić information content (AvgIpc) is 2.26. The molecule has 4 nitrogen and oxygen atoms in total. The summed E-state index contributed by atoms with van der Waals surface area (Å²) in [7, 11) is 0. The Balaban J connectivity index is 3.08. The van der Waals surface area contributed by atoms with E-state index in [1.54, 1.807) is 0 Å². The van der Waals surface area contributed by atoms with Gasteiger partial charge in [0.25, 0.3) is 0 Å². The molecule has 0 spiro atoms. The van der Waals surface area contributed by atoms with Gasteiger partial charge in [-0.05, 0) is 19.1 Å². The van der Waals surface area contributed by atoms with Gasteiger partial charge in [-0.1, -0.05) is 28.4 Å². The van der Waals surface area contributed by atoms with Crippen molar-refractivity contribution in [1.29, 1.82) is 0 Å². The molecule has 9 heteroatoms. The van der Waals surface area contributed by atoms with Gasteiger partial charge in [-0.15, -0.1) is 0 Å². The highest BCUT2D eigenvalue weighted by Gasteiger charge is 2.32. The smallest absolute Gasteiger partial charge is 0.411 e. The Hall–Kier alpha value is -1.47. The lowest BCUT2D eigenvalue weighted by Gasteiger charge is -2.11. The fourth-order valence-corrected chi connectivity index (χ4v) is 1.67. The Labute approximate surface area is 116 Å². The zero-order valence-corrected chi connectivity index (χ0v) is 11.0. The van der Waals surface area contributed by atoms with Crippen molar-refractivity contribution in [3.05, 3.63) is 27.7 Å². The summed E-state index contributed by atoms with van der Waals surface area (Å²) in [6.07, 6.45) is -3.51. The van der Waals surface area contributed by atoms with Gasteiger partial charge in [0.15, 0.2) is 0 Å². The third-order valence-electron chi connectivity index (χ3n) is 1.96. The van der Waals surface area contributed by atoms with E-state index in [2.05, 4.69) is 15.7 Å². The highest BCUT2D eigenvalue weighted by Crippen LogP contribution is 2.38. The van der Waals surface area contributed by atoms with E-state index in [-0.39, 0.29) is 21.4 Å². The molecule has 0 heterocycles. The van der Waals surface area contributed by atoms with Gasteiger partial charge in [0.2, 0.25) is 0 Å². The summed E-state index contributed by atoms with van der Waals surface area (Å²) < 4.78 is 37.5. The minimum Gasteiger partial charge on any atom is -0.411 e. The minimum absolute atomic E-state index is 0.0297. The summed E-state index contributed by atoms with van der Waals surface area (Å²) in [5.41, 5.74) is 1.75. The monoisotopic (exact) mass is 313 g/mol. The molecule has 0 aliphatic carbocycles. The molecule has 0 aliphatic rings. The number of anilines is 1. The summed E-state index contributed by atoms with van der Waals surface area (Å²) in [6, 6.07) is 1.47. The second kappa shape index (κ2) is 6.12. The summed E-state index contributed by atoms with van der Waals surface area (Å²) in [5, 5.41) is 14.2. The second-order valence-electron chi connectivity index (χ2n) is 3.42. The van der Waals surface area contributed by atoms with E-state index >= 15 is 0 Å². The van der Waals surface area contributed by atoms with Gasteiger partial charge < -0.3 is 5.21 Å². The Bertz CT molecular complexity index is 506. The van der Waals surface area contributed by atoms with E-state index in [0.717, 1.165) is 18.3 Å². The first kappa shape index (κ1) is 15.6. The highest BCUT2D eigenvalue weighted by atomic mass is 35.5. The number of nitrogens with one attached hydrogen (secondary N) is 1. The standard InChI is InChI=1S/C10H8Cl2F3N3O/c1-5(4-16-19)17-18-9-7(11)2-6(3-8(9)12)10(13,14)15/h2-4,18-19H,1H3/b16-4+,17-5+. The lowest BCUT2D eigenvalue weighted by Crippen LogP contribution is -2.06. The zero-order valence-electron chi connectivity index (χ0n) is 9.46. The van der Waals surface area contributed by atoms with Crippen LogP contribution in [0.25, 0.3) is 0 Å². The van der Waals surface area contributed by atoms with Crippen LogP contribution >= 0.6 is 23.2 Å². The number of nitrogens with zero attached hydrogens (tertiary/aromatic N) is 2. The summed E-state index contributed by atoms with van der Waals surface area (Å²) in [4.78, 5) is 0. The fourth-order valence-electron chi connectivity index (χ4n) is 1.10. The molecule has 0 radical (unpaired) electrons. The third-order valence-corrected chi connectivity index (χ3v) is 2.55. The van der Waals surface area contributed by atoms with Crippen LogP contribution in [0.4, 0.5) is 18.9 Å². The van der Waals surface area contributed by atoms with Gasteiger partial charge in [0.05, 0.1) is 33.2 Å². The lowest BCUT2D eigenvalue weighted by molar-refractivity contribution is -0.137. The van der Waals surface area contributed by atoms with Crippen LogP contribution in [0.3, 0.4) is 0 Å². The Morgan fingerprint density at radius 1 is 1.32 bits per heavy atom. The predicted molar refractivity (Wildman–Crippen MR) is 68.5 cm³/mol. The van der Waals surface area contributed by atoms with Crippen molar-refractivity contribution in [3.63, 3.8) is 0 Å². The number of halogens is 5. The van der Waals surface area contributed by atoms with Crippen LogP contribution in [-0.2, 0) is 6.18 Å². The Kier molecular flexibility index (Phi) is 5.02. The molecule has 0 aliphatic heterocycles. The van der Waals surface area contributed by atoms with Crippen LogP contribution in [-0.4, -0.2) is 17.1 Å². The van der Waals surface area contributed by atoms with Gasteiger partial charge in [-0.2, -0.15) is 18.3 Å². The molecule has 2 N–H and O–H groups in total. The Morgan fingerprint density at radius 3 is 2.26 bits per heavy atom. The topological polar surface area (TPSA) is 57.0 Å². The zero-order chi connectivity index (χ0) is 14.6. The van der Waals surface area contributed by atoms with Gasteiger partial charge >= 0.3 is 6.18 Å². The van der Waals surface area contributed by atoms with Crippen molar-refractivity contribution >= 4 is 40.8 Å². The number of hydrogen-bond donors (Lipinski definition) is 2. The lowest BCUT2D eigenvalue weighted by atomic mass is 10.2. The largest absolute Gasteiger partial charge is 0.416 e. The van der Waals surface area contributed by atoms with Crippen LogP contribution in [0.15, 0.2) is 22.4 Å². The van der Waals surface area contributed by atoms with Crippen LogP contribution in [0.2, 0.25) is 10.0 Å². The van der Waals surface area contributed by atoms with Crippen molar-refractivity contribution in [1.82, 2.24) is 0 Å². The molecular formula is C10H8Cl2F3N3O. The molecule has 1 aromatic carbocycles. The maximum absolute atomic E-state index is 12.5. The van der Waals surface area contributed by atoms with Crippen molar-refractivity contribution in [2.45, 2.75) is 13.1 Å². The average molecular weight is 314 g/mol. The first-order valence-electron chi connectivity index (χ1n) is 4.79. The van der Waals surface area contributed by atoms with E-state index in [1.165, 1.54) is 6.92 Å². The van der Waals surface area contributed by atoms with Crippen molar-refractivity contribution in [2.75, 3.05) is 5.43 Å². The SMILES string of the molecule is CC(/C=N/O)=N\Nc1c(Cl)cc(C(F)(F)F)cc1Cl. The quantitative estimate of drug-likeness (QED) is 0.497. The molecule has 0 bridgehead atoms. The normalized spacial score (nSPS) is 13.1. The van der Waals surface area contributed by atoms with E-state index in [0.29, 0.717) is 0 Å².